The zero-order valence-corrected chi connectivity index (χ0v) is 35.6. The molecule has 1 aromatic carbocycles. The largest absolute Gasteiger partial charge is 0.497 e. The Balaban J connectivity index is 1.27. The van der Waals surface area contributed by atoms with Crippen LogP contribution >= 0.6 is 0 Å². The van der Waals surface area contributed by atoms with Crippen molar-refractivity contribution in [3.8, 4) is 0 Å². The maximum Gasteiger partial charge on any atom is 0.152 e. The third kappa shape index (κ3) is 6.57. The zero-order valence-electron chi connectivity index (χ0n) is 34.8. The first-order valence-electron chi connectivity index (χ1n) is 20.6. The first kappa shape index (κ1) is 40.0. The van der Waals surface area contributed by atoms with Gasteiger partial charge in [0.2, 0.25) is 0 Å². The van der Waals surface area contributed by atoms with Gasteiger partial charge in [0.05, 0.1) is 18.6 Å². The Morgan fingerprint density at radius 2 is 1.60 bits per heavy atom. The van der Waals surface area contributed by atoms with Crippen molar-refractivity contribution < 1.29 is 13.2 Å². The number of hydrogen-bond donors (Lipinski definition) is 1. The van der Waals surface area contributed by atoms with E-state index in [0.717, 1.165) is 24.4 Å². The average molecular weight is 736 g/mol. The van der Waals surface area contributed by atoms with E-state index in [1.807, 2.05) is 0 Å². The summed E-state index contributed by atoms with van der Waals surface area (Å²) in [6, 6.07) is 9.41. The second-order valence-electron chi connectivity index (χ2n) is 19.8. The van der Waals surface area contributed by atoms with Crippen LogP contribution in [0.1, 0.15) is 111 Å². The molecule has 1 aliphatic heterocycles. The van der Waals surface area contributed by atoms with Gasteiger partial charge in [-0.2, -0.15) is 0 Å². The van der Waals surface area contributed by atoms with Crippen molar-refractivity contribution in [1.29, 1.82) is 0 Å². The molecule has 7 heteroatoms. The SMILES string of the molecule is C=C(OC)c1ccc(C2=CCC3(C)C(CCC4(C)C3CCC3C(C(C)C(C)N(C)C)C(C)(NCCN5CCS(=O)(=O)CC5)CCC34C)C2(C)C)cc1. The first-order chi connectivity index (χ1) is 24.2. The number of benzene rings is 1. The van der Waals surface area contributed by atoms with E-state index in [1.165, 1.54) is 56.1 Å². The van der Waals surface area contributed by atoms with Crippen LogP contribution in [0.25, 0.3) is 11.3 Å². The first-order valence-corrected chi connectivity index (χ1v) is 22.4. The number of fused-ring (bicyclic) bond motifs is 5. The van der Waals surface area contributed by atoms with E-state index in [9.17, 15) is 8.42 Å². The smallest absolute Gasteiger partial charge is 0.152 e. The van der Waals surface area contributed by atoms with Crippen molar-refractivity contribution in [3.05, 3.63) is 48.0 Å². The van der Waals surface area contributed by atoms with E-state index in [4.69, 9.17) is 4.74 Å². The normalized spacial score (nSPS) is 39.7. The lowest BCUT2D eigenvalue weighted by Crippen LogP contribution is -2.69. The lowest BCUT2D eigenvalue weighted by molar-refractivity contribution is -0.225. The highest BCUT2D eigenvalue weighted by molar-refractivity contribution is 7.91. The molecule has 1 heterocycles. The van der Waals surface area contributed by atoms with Crippen molar-refractivity contribution in [3.63, 3.8) is 0 Å². The van der Waals surface area contributed by atoms with Gasteiger partial charge in [-0.25, -0.2) is 8.42 Å². The lowest BCUT2D eigenvalue weighted by Gasteiger charge is -2.73. The highest BCUT2D eigenvalue weighted by Gasteiger charge is 2.69. The average Bonchev–Trinajstić information content (AvgIpc) is 3.08. The summed E-state index contributed by atoms with van der Waals surface area (Å²) in [5.74, 6) is 4.47. The van der Waals surface area contributed by atoms with E-state index in [2.05, 4.69) is 122 Å². The topological polar surface area (TPSA) is 61.9 Å². The van der Waals surface area contributed by atoms with Gasteiger partial charge in [-0.1, -0.05) is 78.5 Å². The standard InChI is InChI=1S/C45H73N3O3S/c1-31(32(2)47(10)11)40-37-17-18-39-42(6)21-19-36(35-15-13-34(14-16-35)33(3)51-12)41(4,5)38(42)20-22-44(39,8)43(37,7)23-24-45(40,9)46-25-26-48-27-29-52(49,50)30-28-48/h13-16,19,31-32,37-40,46H,3,17-18,20-30H2,1-2,4-12H3. The fourth-order valence-electron chi connectivity index (χ4n) is 13.6. The van der Waals surface area contributed by atoms with Crippen LogP contribution in [0.3, 0.4) is 0 Å². The summed E-state index contributed by atoms with van der Waals surface area (Å²) in [6.45, 7) is 28.1. The highest BCUT2D eigenvalue weighted by atomic mass is 32.2. The second kappa shape index (κ2) is 14.1. The highest BCUT2D eigenvalue weighted by Crippen LogP contribution is 2.75. The zero-order chi connectivity index (χ0) is 38.1. The summed E-state index contributed by atoms with van der Waals surface area (Å²) in [7, 11) is 3.35. The summed E-state index contributed by atoms with van der Waals surface area (Å²) in [5, 5.41) is 4.19. The van der Waals surface area contributed by atoms with Gasteiger partial charge in [0.15, 0.2) is 9.84 Å². The van der Waals surface area contributed by atoms with E-state index in [1.54, 1.807) is 7.11 Å². The lowest BCUT2D eigenvalue weighted by atomic mass is 9.32. The fraction of sp³-hybridized carbons (Fsp3) is 0.778. The van der Waals surface area contributed by atoms with Crippen LogP contribution in [0.5, 0.6) is 0 Å². The number of hydrogen-bond acceptors (Lipinski definition) is 6. The number of rotatable bonds is 10. The minimum atomic E-state index is -2.86. The monoisotopic (exact) mass is 736 g/mol. The molecule has 52 heavy (non-hydrogen) atoms. The van der Waals surface area contributed by atoms with Gasteiger partial charge in [-0.15, -0.1) is 0 Å². The number of nitrogens with zero attached hydrogens (tertiary/aromatic N) is 2. The molecule has 1 saturated heterocycles. The van der Waals surface area contributed by atoms with Gasteiger partial charge in [-0.3, -0.25) is 0 Å². The van der Waals surface area contributed by atoms with Gasteiger partial charge in [0.1, 0.15) is 5.76 Å². The Morgan fingerprint density at radius 1 is 0.942 bits per heavy atom. The number of allylic oxidation sites excluding steroid dienone is 2. The third-order valence-corrected chi connectivity index (χ3v) is 18.8. The molecular formula is C45H73N3O3S. The van der Waals surface area contributed by atoms with Crippen LogP contribution in [-0.2, 0) is 14.6 Å². The molecule has 0 radical (unpaired) electrons. The molecule has 1 N–H and O–H groups in total. The van der Waals surface area contributed by atoms with E-state index in [-0.39, 0.29) is 21.8 Å². The van der Waals surface area contributed by atoms with Crippen LogP contribution in [0.15, 0.2) is 36.9 Å². The molecule has 0 aromatic heterocycles. The summed E-state index contributed by atoms with van der Waals surface area (Å²) in [5.41, 5.74) is 4.92. The minimum absolute atomic E-state index is 0.0513. The van der Waals surface area contributed by atoms with Crippen molar-refractivity contribution in [1.82, 2.24) is 15.1 Å². The summed E-state index contributed by atoms with van der Waals surface area (Å²) >= 11 is 0. The van der Waals surface area contributed by atoms with Gasteiger partial charge in [0, 0.05) is 43.3 Å². The molecule has 0 spiro atoms. The molecular weight excluding hydrogens is 663 g/mol. The fourth-order valence-corrected chi connectivity index (χ4v) is 14.9. The molecule has 3 saturated carbocycles. The van der Waals surface area contributed by atoms with Crippen molar-refractivity contribution in [2.75, 3.05) is 58.9 Å². The predicted molar refractivity (Wildman–Crippen MR) is 219 cm³/mol. The summed E-state index contributed by atoms with van der Waals surface area (Å²) < 4.78 is 29.6. The number of ether oxygens (including phenoxy) is 1. The molecule has 10 atom stereocenters. The molecule has 0 amide bonds. The number of nitrogens with one attached hydrogen (secondary N) is 1. The van der Waals surface area contributed by atoms with E-state index in [0.29, 0.717) is 65.6 Å². The van der Waals surface area contributed by atoms with Crippen molar-refractivity contribution in [2.24, 2.45) is 51.2 Å². The Labute approximate surface area is 318 Å². The molecule has 292 valence electrons. The van der Waals surface area contributed by atoms with E-state index >= 15 is 0 Å². The molecule has 0 bridgehead atoms. The molecule has 4 fully saturated rings. The van der Waals surface area contributed by atoms with Crippen LogP contribution < -0.4 is 5.32 Å². The Hall–Kier alpha value is -1.67. The molecule has 4 aliphatic carbocycles. The maximum absolute atomic E-state index is 12.1. The quantitative estimate of drug-likeness (QED) is 0.243. The maximum atomic E-state index is 12.1. The number of sulfone groups is 1. The summed E-state index contributed by atoms with van der Waals surface area (Å²) in [6.07, 6.45) is 11.5. The Morgan fingerprint density at radius 3 is 2.21 bits per heavy atom. The van der Waals surface area contributed by atoms with Crippen LogP contribution in [0, 0.1) is 51.2 Å². The van der Waals surface area contributed by atoms with Crippen molar-refractivity contribution >= 4 is 21.2 Å². The molecule has 6 nitrogen and oxygen atoms in total. The summed E-state index contributed by atoms with van der Waals surface area (Å²) in [4.78, 5) is 4.80. The van der Waals surface area contributed by atoms with Gasteiger partial charge in [0.25, 0.3) is 0 Å². The third-order valence-electron chi connectivity index (χ3n) is 17.1. The predicted octanol–water partition coefficient (Wildman–Crippen LogP) is 8.65. The van der Waals surface area contributed by atoms with Crippen LogP contribution in [0.4, 0.5) is 0 Å². The molecule has 10 unspecified atom stereocenters. The van der Waals surface area contributed by atoms with Gasteiger partial charge < -0.3 is 19.9 Å². The van der Waals surface area contributed by atoms with Gasteiger partial charge in [-0.05, 0) is 135 Å². The van der Waals surface area contributed by atoms with Crippen LogP contribution in [0.2, 0.25) is 0 Å². The minimum Gasteiger partial charge on any atom is -0.497 e. The molecule has 1 aromatic rings. The number of methoxy groups -OCH3 is 1. The van der Waals surface area contributed by atoms with Crippen LogP contribution in [-0.4, -0.2) is 88.7 Å². The van der Waals surface area contributed by atoms with E-state index < -0.39 is 9.84 Å². The van der Waals surface area contributed by atoms with Crippen molar-refractivity contribution in [2.45, 2.75) is 112 Å². The Kier molecular flexibility index (Phi) is 10.9. The van der Waals surface area contributed by atoms with Gasteiger partial charge >= 0.3 is 0 Å². The molecule has 5 aliphatic rings. The second-order valence-corrected chi connectivity index (χ2v) is 22.1. The Bertz CT molecular complexity index is 1600. The molecule has 6 rings (SSSR count).